The predicted molar refractivity (Wildman–Crippen MR) is 337 cm³/mol. The number of benzene rings is 5. The molecule has 0 bridgehead atoms. The molecule has 5 saturated heterocycles. The fourth-order valence-electron chi connectivity index (χ4n) is 5.73. The number of hydrogen-bond acceptors (Lipinski definition) is 10. The maximum atomic E-state index is 11.8. The molecule has 5 aliphatic heterocycles. The molecule has 0 radical (unpaired) electrons. The summed E-state index contributed by atoms with van der Waals surface area (Å²) in [6.07, 6.45) is -3.92. The van der Waals surface area contributed by atoms with Gasteiger partial charge in [-0.3, -0.25) is 14.4 Å². The molecule has 5 heterocycles. The van der Waals surface area contributed by atoms with Gasteiger partial charge in [0.05, 0.1) is 24.2 Å². The standard InChI is InChI=1S/2C12H14ClNO2.3C8H8Cl2.3C5H8O2/c2*13-8-10-2-4-11(5-3-10)9-14-6-1-7-16-12(14)15;3*9-5-7-1-2-8(6-10)4-3-7;3*6-5-2-1-3-7-4-5/h2*2-5H,1,6-9H2;3*1-4H,5-6H2;3*1-4H2/i6D2,8D2,9D2;1D2,8D2,9D2;3*5D2,6D2;4D2;3D2;1D2. The maximum Gasteiger partial charge on any atom is 0.410 e. The highest BCUT2D eigenvalue weighted by atomic mass is 35.5. The molecule has 0 unspecified atom stereocenters. The Labute approximate surface area is 572 Å². The number of hydrogen-bond donors (Lipinski definition) is 0. The van der Waals surface area contributed by atoms with Crippen LogP contribution in [0.2, 0.25) is 0 Å². The van der Waals surface area contributed by atoms with Gasteiger partial charge in [0.25, 0.3) is 0 Å². The first-order chi connectivity index (χ1) is 50.9. The number of Topliss-reactive ketones (excluding diaryl/α,β-unsaturated/α-hetero) is 3. The Hall–Kier alpha value is -4.15. The molecule has 0 saturated carbocycles. The van der Waals surface area contributed by atoms with Gasteiger partial charge < -0.3 is 33.5 Å². The summed E-state index contributed by atoms with van der Waals surface area (Å²) in [5, 5.41) is 0. The van der Waals surface area contributed by atoms with Gasteiger partial charge in [-0.15, -0.1) is 92.8 Å². The summed E-state index contributed by atoms with van der Waals surface area (Å²) < 4.78 is 245. The molecule has 5 fully saturated rings. The lowest BCUT2D eigenvalue weighted by molar-refractivity contribution is -0.127. The Kier molecular flexibility index (Phi) is 21.6. The third-order valence-electron chi connectivity index (χ3n) is 9.84. The number of carbonyl (C=O) groups excluding carboxylic acids is 5. The maximum absolute atomic E-state index is 11.8. The van der Waals surface area contributed by atoms with Crippen LogP contribution in [0.5, 0.6) is 0 Å². The molecule has 83 heavy (non-hydrogen) atoms. The van der Waals surface area contributed by atoms with Gasteiger partial charge in [-0.2, -0.15) is 0 Å². The van der Waals surface area contributed by atoms with Crippen molar-refractivity contribution in [3.8, 4) is 0 Å². The van der Waals surface area contributed by atoms with Crippen molar-refractivity contribution < 1.29 is 88.8 Å². The highest BCUT2D eigenvalue weighted by molar-refractivity contribution is 6.19. The quantitative estimate of drug-likeness (QED) is 0.111. The van der Waals surface area contributed by atoms with Crippen molar-refractivity contribution in [2.24, 2.45) is 0 Å². The van der Waals surface area contributed by atoms with Gasteiger partial charge in [0.15, 0.2) is 17.3 Å². The molecule has 0 spiro atoms. The number of ether oxygens (including phenoxy) is 5. The molecule has 20 heteroatoms. The van der Waals surface area contributed by atoms with E-state index in [1.807, 2.05) is 0 Å². The summed E-state index contributed by atoms with van der Waals surface area (Å²) >= 11 is 43.7. The Balaban J connectivity index is 0.000000342. The van der Waals surface area contributed by atoms with E-state index >= 15 is 0 Å². The van der Waals surface area contributed by atoms with Crippen LogP contribution in [0.4, 0.5) is 9.59 Å². The molecule has 5 aromatic rings. The van der Waals surface area contributed by atoms with E-state index in [9.17, 15) is 24.0 Å². The molecule has 0 aliphatic carbocycles. The minimum atomic E-state index is -2.45. The second-order valence-corrected chi connectivity index (χ2v) is 17.5. The van der Waals surface area contributed by atoms with Crippen molar-refractivity contribution >= 4 is 122 Å². The molecule has 0 atom stereocenters. The minimum absolute atomic E-state index is 0.000100. The normalized spacial score (nSPS) is 25.6. The van der Waals surface area contributed by atoms with Crippen molar-refractivity contribution in [1.82, 2.24) is 9.80 Å². The Morgan fingerprint density at radius 3 is 1.05 bits per heavy atom. The average Bonchev–Trinajstić information content (AvgIpc) is 0.757. The predicted octanol–water partition coefficient (Wildman–Crippen LogP) is 16.1. The van der Waals surface area contributed by atoms with Gasteiger partial charge in [-0.05, 0) is 87.6 Å². The molecule has 454 valence electrons. The SMILES string of the molecule is [2H]C([2H])(Cl)c1ccc(C([2H])([2H])Cl)cc1.[2H]C([2H])(Cl)c1ccc(C([2H])([2H])Cl)cc1.[2H]C([2H])(Cl)c1ccc(C([2H])([2H])Cl)cc1.[2H]C([2H])(Cl)c1ccc(C([2H])([2H])N2C(=O)OCCC2([2H])[2H])cc1.[2H]C1([2H])CCC(=O)CO1.[2H]C1([2H])COC(=O)N(C([2H])([2H])c2ccc(C([2H])([2H])Cl)cc2)C1.[2H]C1([2H])COCC(=O)C1.[2H]C1([2H])OCCCC1=O. The van der Waals surface area contributed by atoms with Crippen molar-refractivity contribution in [3.63, 3.8) is 0 Å². The molecular formula is C63H76Cl8N2O10. The molecule has 5 aromatic carbocycles. The number of nitrogens with zero attached hydrogens (tertiary/aromatic N) is 2. The van der Waals surface area contributed by atoms with Gasteiger partial charge >= 0.3 is 12.2 Å². The van der Waals surface area contributed by atoms with Crippen LogP contribution in [-0.2, 0) is 97.7 Å². The minimum Gasteiger partial charge on any atom is -0.449 e. The monoisotopic (exact) mass is 1330 g/mol. The summed E-state index contributed by atoms with van der Waals surface area (Å²) in [5.41, 5.74) is 2.06. The second-order valence-electron chi connectivity index (χ2n) is 16.0. The average molecular weight is 1340 g/mol. The van der Waals surface area contributed by atoms with E-state index in [0.29, 0.717) is 35.7 Å². The smallest absolute Gasteiger partial charge is 0.410 e. The number of amides is 2. The topological polar surface area (TPSA) is 138 Å². The van der Waals surface area contributed by atoms with E-state index < -0.39 is 123 Å². The van der Waals surface area contributed by atoms with Crippen LogP contribution in [0, 0.1) is 0 Å². The van der Waals surface area contributed by atoms with E-state index in [-0.39, 0.29) is 113 Å². The van der Waals surface area contributed by atoms with Gasteiger partial charge in [0.1, 0.15) is 19.8 Å². The van der Waals surface area contributed by atoms with E-state index in [1.54, 1.807) is 0 Å². The van der Waals surface area contributed by atoms with E-state index in [2.05, 4.69) is 18.9 Å². The van der Waals surface area contributed by atoms with E-state index in [1.165, 1.54) is 121 Å². The van der Waals surface area contributed by atoms with Gasteiger partial charge in [-0.1, -0.05) is 121 Å². The Bertz CT molecular complexity index is 3660. The van der Waals surface area contributed by atoms with Crippen LogP contribution < -0.4 is 0 Å². The van der Waals surface area contributed by atoms with E-state index in [0.717, 1.165) is 0 Å². The molecule has 0 N–H and O–H groups in total. The van der Waals surface area contributed by atoms with Crippen LogP contribution in [0.3, 0.4) is 0 Å². The van der Waals surface area contributed by atoms with Gasteiger partial charge in [-0.25, -0.2) is 9.59 Å². The van der Waals surface area contributed by atoms with Gasteiger partial charge in [0, 0.05) is 142 Å². The number of ketones is 3. The van der Waals surface area contributed by atoms with Crippen molar-refractivity contribution in [3.05, 3.63) is 177 Å². The molecule has 12 nitrogen and oxygen atoms in total. The summed E-state index contributed by atoms with van der Waals surface area (Å²) in [7, 11) is 0. The summed E-state index contributed by atoms with van der Waals surface area (Å²) in [4.78, 5) is 56.2. The Morgan fingerprint density at radius 1 is 0.373 bits per heavy atom. The molecule has 0 aromatic heterocycles. The Morgan fingerprint density at radius 2 is 0.735 bits per heavy atom. The third kappa shape index (κ3) is 33.4. The number of rotatable bonds is 12. The molecule has 10 rings (SSSR count). The van der Waals surface area contributed by atoms with Gasteiger partial charge in [0.2, 0.25) is 0 Å². The third-order valence-corrected chi connectivity index (χ3v) is 11.6. The highest BCUT2D eigenvalue weighted by Crippen LogP contribution is 2.16. The fraction of sp³-hybridized carbons (Fsp3) is 0.444. The lowest BCUT2D eigenvalue weighted by Gasteiger charge is -2.26. The lowest BCUT2D eigenvalue weighted by atomic mass is 10.1. The largest absolute Gasteiger partial charge is 0.449 e. The van der Waals surface area contributed by atoms with E-state index in [4.69, 9.17) is 139 Å². The van der Waals surface area contributed by atoms with Crippen molar-refractivity contribution in [2.45, 2.75) is 111 Å². The first kappa shape index (κ1) is 38.9. The summed E-state index contributed by atoms with van der Waals surface area (Å²) in [6, 6.07) is 27.4. The lowest BCUT2D eigenvalue weighted by Crippen LogP contribution is -2.37. The zero-order valence-electron chi connectivity index (χ0n) is 73.7. The summed E-state index contributed by atoms with van der Waals surface area (Å²) in [5.74, 6) is -16.4. The second kappa shape index (κ2) is 46.1. The molecule has 5 aliphatic rings. The first-order valence-electron chi connectivity index (χ1n) is 39.3. The van der Waals surface area contributed by atoms with Crippen LogP contribution in [-0.4, -0.2) is 105 Å². The summed E-state index contributed by atoms with van der Waals surface area (Å²) in [6.45, 7) is -11.0. The fourth-order valence-corrected chi connectivity index (χ4v) is 6.74. The zero-order valence-corrected chi connectivity index (χ0v) is 49.8. The number of carbonyl (C=O) groups is 5. The highest BCUT2D eigenvalue weighted by Gasteiger charge is 2.20. The number of alkyl halides is 8. The van der Waals surface area contributed by atoms with Crippen LogP contribution in [0.25, 0.3) is 0 Å². The van der Waals surface area contributed by atoms with Crippen molar-refractivity contribution in [2.75, 3.05) is 65.8 Å². The molecular weight excluding hydrogens is 1230 g/mol. The van der Waals surface area contributed by atoms with Crippen LogP contribution >= 0.6 is 92.8 Å². The van der Waals surface area contributed by atoms with Crippen LogP contribution in [0.1, 0.15) is 148 Å². The van der Waals surface area contributed by atoms with Crippen molar-refractivity contribution in [1.29, 1.82) is 0 Å². The molecule has 2 amide bonds. The zero-order chi connectivity index (χ0) is 87.2. The number of cyclic esters (lactones) is 2. The number of halogens is 8. The van der Waals surface area contributed by atoms with Crippen LogP contribution in [0.15, 0.2) is 121 Å². The first-order valence-corrected chi connectivity index (χ1v) is 27.3.